The predicted molar refractivity (Wildman–Crippen MR) is 44.8 cm³/mol. The average molecular weight is 163 g/mol. The Kier molecular flexibility index (Phi) is 7.15. The highest BCUT2D eigenvalue weighted by atomic mass is 31.1. The fourth-order valence-electron chi connectivity index (χ4n) is 0.738. The summed E-state index contributed by atoms with van der Waals surface area (Å²) in [6.07, 6.45) is 5.48. The van der Waals surface area contributed by atoms with Gasteiger partial charge in [-0.15, -0.1) is 0 Å². The molecule has 0 heterocycles. The molecule has 1 unspecified atom stereocenters. The van der Waals surface area contributed by atoms with Crippen LogP contribution >= 0.6 is 7.94 Å². The smallest absolute Gasteiger partial charge is 0.186 e. The van der Waals surface area contributed by atoms with Crippen molar-refractivity contribution in [1.29, 1.82) is 0 Å². The zero-order valence-electron chi connectivity index (χ0n) is 6.45. The van der Waals surface area contributed by atoms with Gasteiger partial charge in [-0.1, -0.05) is 19.8 Å². The summed E-state index contributed by atoms with van der Waals surface area (Å²) in [5.74, 6) is 4.89. The van der Waals surface area contributed by atoms with Crippen molar-refractivity contribution in [2.45, 2.75) is 32.6 Å². The van der Waals surface area contributed by atoms with E-state index in [-0.39, 0.29) is 0 Å². The Morgan fingerprint density at radius 3 is 2.60 bits per heavy atom. The fraction of sp³-hybridized carbons (Fsp3) is 1.00. The molecular formula is C6H16N2OP+. The summed E-state index contributed by atoms with van der Waals surface area (Å²) in [5.41, 5.74) is 0. The van der Waals surface area contributed by atoms with Crippen molar-refractivity contribution in [3.63, 3.8) is 0 Å². The van der Waals surface area contributed by atoms with E-state index in [0.29, 0.717) is 0 Å². The first-order valence-electron chi connectivity index (χ1n) is 3.68. The average Bonchev–Trinajstić information content (AvgIpc) is 1.98. The van der Waals surface area contributed by atoms with Crippen LogP contribution < -0.4 is 5.84 Å². The van der Waals surface area contributed by atoms with Crippen LogP contribution in [0.25, 0.3) is 0 Å². The maximum atomic E-state index is 8.93. The van der Waals surface area contributed by atoms with Crippen LogP contribution in [0.15, 0.2) is 4.85 Å². The second-order valence-electron chi connectivity index (χ2n) is 2.27. The second-order valence-corrected chi connectivity index (χ2v) is 3.69. The predicted octanol–water partition coefficient (Wildman–Crippen LogP) is 2.01. The molecule has 0 saturated carbocycles. The number of nitrogens with zero attached hydrogens (tertiary/aromatic N) is 1. The quantitative estimate of drug-likeness (QED) is 0.282. The summed E-state index contributed by atoms with van der Waals surface area (Å²) in [4.78, 5) is 12.2. The summed E-state index contributed by atoms with van der Waals surface area (Å²) in [5, 5.41) is 0. The first-order chi connectivity index (χ1) is 4.81. The van der Waals surface area contributed by atoms with Gasteiger partial charge in [0.1, 0.15) is 0 Å². The standard InChI is InChI=1S/C6H16N2OP/c1-2-3-4-5-6-10(9)8-7/h2-7H2,1H3,(H,8,9)/q+1. The van der Waals surface area contributed by atoms with Crippen molar-refractivity contribution in [3.05, 3.63) is 0 Å². The zero-order valence-corrected chi connectivity index (χ0v) is 7.35. The van der Waals surface area contributed by atoms with Gasteiger partial charge in [-0.25, -0.2) is 0 Å². The van der Waals surface area contributed by atoms with Gasteiger partial charge in [0, 0.05) is 4.85 Å². The lowest BCUT2D eigenvalue weighted by Crippen LogP contribution is -1.82. The van der Waals surface area contributed by atoms with E-state index >= 15 is 0 Å². The molecule has 4 heteroatoms. The van der Waals surface area contributed by atoms with Gasteiger partial charge in [0.15, 0.2) is 6.16 Å². The van der Waals surface area contributed by atoms with Crippen molar-refractivity contribution in [1.82, 2.24) is 0 Å². The highest BCUT2D eigenvalue weighted by molar-refractivity contribution is 7.40. The lowest BCUT2D eigenvalue weighted by Gasteiger charge is -1.89. The van der Waals surface area contributed by atoms with Crippen LogP contribution in [0.1, 0.15) is 32.6 Å². The van der Waals surface area contributed by atoms with E-state index in [1.54, 1.807) is 0 Å². The Labute approximate surface area is 63.2 Å². The van der Waals surface area contributed by atoms with Crippen LogP contribution in [0.3, 0.4) is 0 Å². The van der Waals surface area contributed by atoms with Crippen molar-refractivity contribution in [2.24, 2.45) is 10.7 Å². The minimum absolute atomic E-state index is 0.770. The molecule has 0 saturated heterocycles. The Hall–Kier alpha value is 0.0200. The molecular weight excluding hydrogens is 147 g/mol. The van der Waals surface area contributed by atoms with Crippen molar-refractivity contribution in [3.8, 4) is 0 Å². The SMILES string of the molecule is CCCCCC[P+](O)=NN. The van der Waals surface area contributed by atoms with E-state index in [0.717, 1.165) is 12.6 Å². The highest BCUT2D eigenvalue weighted by Crippen LogP contribution is 2.19. The van der Waals surface area contributed by atoms with Gasteiger partial charge >= 0.3 is 7.94 Å². The lowest BCUT2D eigenvalue weighted by atomic mass is 10.2. The monoisotopic (exact) mass is 163 g/mol. The molecule has 0 aromatic carbocycles. The molecule has 0 bridgehead atoms. The molecule has 3 nitrogen and oxygen atoms in total. The molecule has 10 heavy (non-hydrogen) atoms. The Balaban J connectivity index is 3.04. The first-order valence-corrected chi connectivity index (χ1v) is 5.11. The third kappa shape index (κ3) is 6.14. The van der Waals surface area contributed by atoms with E-state index in [4.69, 9.17) is 10.7 Å². The van der Waals surface area contributed by atoms with Crippen molar-refractivity contribution in [2.75, 3.05) is 6.16 Å². The van der Waals surface area contributed by atoms with E-state index in [9.17, 15) is 0 Å². The first kappa shape index (κ1) is 10.0. The highest BCUT2D eigenvalue weighted by Gasteiger charge is 2.04. The Bertz CT molecular complexity index is 106. The molecule has 0 aromatic heterocycles. The van der Waals surface area contributed by atoms with E-state index < -0.39 is 7.94 Å². The van der Waals surface area contributed by atoms with Crippen LogP contribution in [0.5, 0.6) is 0 Å². The molecule has 0 aromatic rings. The molecule has 0 rings (SSSR count). The summed E-state index contributed by atoms with van der Waals surface area (Å²) in [6, 6.07) is 0. The van der Waals surface area contributed by atoms with Gasteiger partial charge < -0.3 is 0 Å². The van der Waals surface area contributed by atoms with Crippen LogP contribution in [-0.2, 0) is 0 Å². The summed E-state index contributed by atoms with van der Waals surface area (Å²) in [7, 11) is -1.19. The molecule has 0 radical (unpaired) electrons. The molecule has 0 amide bonds. The van der Waals surface area contributed by atoms with Crippen LogP contribution in [0, 0.1) is 0 Å². The molecule has 60 valence electrons. The number of hydrogen-bond acceptors (Lipinski definition) is 1. The van der Waals surface area contributed by atoms with Gasteiger partial charge in [0.25, 0.3) is 0 Å². The van der Waals surface area contributed by atoms with Gasteiger partial charge in [-0.3, -0.25) is 0 Å². The zero-order chi connectivity index (χ0) is 7.82. The maximum absolute atomic E-state index is 8.93. The largest absolute Gasteiger partial charge is 0.383 e. The van der Waals surface area contributed by atoms with Gasteiger partial charge in [-0.2, -0.15) is 10.7 Å². The lowest BCUT2D eigenvalue weighted by molar-refractivity contribution is 0.620. The number of rotatable bonds is 5. The number of hydrogen-bond donors (Lipinski definition) is 2. The molecule has 0 fully saturated rings. The molecule has 0 spiro atoms. The van der Waals surface area contributed by atoms with E-state index in [1.807, 2.05) is 0 Å². The van der Waals surface area contributed by atoms with E-state index in [2.05, 4.69) is 11.8 Å². The van der Waals surface area contributed by atoms with Gasteiger partial charge in [0.2, 0.25) is 0 Å². The summed E-state index contributed by atoms with van der Waals surface area (Å²) < 4.78 is 0. The normalized spacial score (nSPS) is 12.1. The van der Waals surface area contributed by atoms with Crippen LogP contribution in [0.4, 0.5) is 0 Å². The second kappa shape index (κ2) is 7.13. The Morgan fingerprint density at radius 1 is 1.40 bits per heavy atom. The summed E-state index contributed by atoms with van der Waals surface area (Å²) >= 11 is 0. The topological polar surface area (TPSA) is 58.6 Å². The van der Waals surface area contributed by atoms with Crippen molar-refractivity contribution < 1.29 is 4.89 Å². The molecule has 0 aliphatic rings. The molecule has 0 aliphatic heterocycles. The number of nitrogens with two attached hydrogens (primary N) is 1. The van der Waals surface area contributed by atoms with Gasteiger partial charge in [-0.05, 0) is 12.8 Å². The third-order valence-electron chi connectivity index (χ3n) is 1.34. The minimum Gasteiger partial charge on any atom is -0.186 e. The van der Waals surface area contributed by atoms with E-state index in [1.165, 1.54) is 19.3 Å². The number of unbranched alkanes of at least 4 members (excludes halogenated alkanes) is 3. The van der Waals surface area contributed by atoms with Crippen LogP contribution in [0.2, 0.25) is 0 Å². The van der Waals surface area contributed by atoms with Gasteiger partial charge in [0.05, 0.1) is 0 Å². The summed E-state index contributed by atoms with van der Waals surface area (Å²) in [6.45, 7) is 2.16. The minimum atomic E-state index is -1.19. The molecule has 3 N–H and O–H groups in total. The molecule has 0 aliphatic carbocycles. The van der Waals surface area contributed by atoms with Crippen LogP contribution in [-0.4, -0.2) is 11.1 Å². The fourth-order valence-corrected chi connectivity index (χ4v) is 1.36. The van der Waals surface area contributed by atoms with Crippen molar-refractivity contribution >= 4 is 7.94 Å². The maximum Gasteiger partial charge on any atom is 0.383 e. The Morgan fingerprint density at radius 2 is 2.10 bits per heavy atom. The third-order valence-corrected chi connectivity index (χ3v) is 2.33. The molecule has 1 atom stereocenters.